The van der Waals surface area contributed by atoms with Crippen molar-refractivity contribution in [2.24, 2.45) is 0 Å². The Morgan fingerprint density at radius 3 is 2.56 bits per heavy atom. The summed E-state index contributed by atoms with van der Waals surface area (Å²) in [6.45, 7) is 6.13. The minimum atomic E-state index is 0.205. The molecule has 0 aliphatic carbocycles. The zero-order valence-electron chi connectivity index (χ0n) is 10.8. The molecule has 0 aromatic rings. The predicted molar refractivity (Wildman–Crippen MR) is 66.4 cm³/mol. The Balaban J connectivity index is 2.32. The van der Waals surface area contributed by atoms with Gasteiger partial charge >= 0.3 is 0 Å². The second-order valence-corrected chi connectivity index (χ2v) is 4.61. The average molecular weight is 227 g/mol. The van der Waals surface area contributed by atoms with Crippen LogP contribution in [0.4, 0.5) is 0 Å². The largest absolute Gasteiger partial charge is 0.342 e. The number of hydrogen-bond donors (Lipinski definition) is 1. The predicted octanol–water partition coefficient (Wildman–Crippen LogP) is 0.539. The van der Waals surface area contributed by atoms with Crippen LogP contribution >= 0.6 is 0 Å². The Morgan fingerprint density at radius 1 is 1.44 bits per heavy atom. The van der Waals surface area contributed by atoms with Crippen LogP contribution in [-0.4, -0.2) is 62.0 Å². The molecular formula is C12H25N3O. The van der Waals surface area contributed by atoms with Gasteiger partial charge in [0.05, 0.1) is 6.54 Å². The van der Waals surface area contributed by atoms with Crippen LogP contribution in [0.5, 0.6) is 0 Å². The molecule has 0 atom stereocenters. The van der Waals surface area contributed by atoms with Crippen molar-refractivity contribution in [3.63, 3.8) is 0 Å². The topological polar surface area (TPSA) is 35.6 Å². The zero-order valence-corrected chi connectivity index (χ0v) is 10.8. The lowest BCUT2D eigenvalue weighted by Gasteiger charge is -2.36. The molecule has 4 nitrogen and oxygen atoms in total. The van der Waals surface area contributed by atoms with Crippen molar-refractivity contribution in [1.82, 2.24) is 15.1 Å². The van der Waals surface area contributed by atoms with Crippen molar-refractivity contribution in [2.75, 3.05) is 40.3 Å². The number of hydrogen-bond acceptors (Lipinski definition) is 3. The highest BCUT2D eigenvalue weighted by Gasteiger charge is 2.24. The fourth-order valence-corrected chi connectivity index (χ4v) is 2.33. The number of piperidine rings is 1. The first-order valence-electron chi connectivity index (χ1n) is 6.31. The number of likely N-dealkylation sites (tertiary alicyclic amines) is 1. The minimum Gasteiger partial charge on any atom is -0.342 e. The molecule has 0 aromatic heterocycles. The third kappa shape index (κ3) is 3.76. The van der Waals surface area contributed by atoms with Gasteiger partial charge in [0.15, 0.2) is 0 Å². The molecule has 0 bridgehead atoms. The molecule has 1 fully saturated rings. The molecule has 4 heteroatoms. The summed E-state index contributed by atoms with van der Waals surface area (Å²) in [6.07, 6.45) is 3.46. The van der Waals surface area contributed by atoms with E-state index in [0.717, 1.165) is 25.9 Å². The molecule has 16 heavy (non-hydrogen) atoms. The first-order chi connectivity index (χ1) is 7.69. The lowest BCUT2D eigenvalue weighted by molar-refractivity contribution is -0.131. The molecule has 0 unspecified atom stereocenters. The summed E-state index contributed by atoms with van der Waals surface area (Å²) in [6, 6.07) is 0.439. The average Bonchev–Trinajstić information content (AvgIpc) is 2.30. The molecule has 1 aliphatic heterocycles. The lowest BCUT2D eigenvalue weighted by atomic mass is 10.0. The summed E-state index contributed by atoms with van der Waals surface area (Å²) in [4.78, 5) is 16.1. The molecule has 0 spiro atoms. The Labute approximate surface area is 99.0 Å². The molecule has 1 rings (SSSR count). The van der Waals surface area contributed by atoms with Gasteiger partial charge in [-0.1, -0.05) is 6.92 Å². The van der Waals surface area contributed by atoms with Crippen molar-refractivity contribution in [3.05, 3.63) is 0 Å². The molecule has 1 saturated heterocycles. The van der Waals surface area contributed by atoms with Crippen LogP contribution in [0, 0.1) is 0 Å². The highest BCUT2D eigenvalue weighted by atomic mass is 16.2. The van der Waals surface area contributed by atoms with Gasteiger partial charge in [-0.15, -0.1) is 0 Å². The third-order valence-electron chi connectivity index (χ3n) is 3.37. The van der Waals surface area contributed by atoms with Gasteiger partial charge in [0, 0.05) is 26.2 Å². The Morgan fingerprint density at radius 2 is 2.06 bits per heavy atom. The van der Waals surface area contributed by atoms with Crippen LogP contribution in [0.2, 0.25) is 0 Å². The molecular weight excluding hydrogens is 202 g/mol. The number of carbonyl (C=O) groups excluding carboxylic acids is 1. The minimum absolute atomic E-state index is 0.205. The van der Waals surface area contributed by atoms with Crippen LogP contribution < -0.4 is 5.32 Å². The summed E-state index contributed by atoms with van der Waals surface area (Å²) >= 11 is 0. The molecule has 1 N–H and O–H groups in total. The van der Waals surface area contributed by atoms with Crippen LogP contribution in [-0.2, 0) is 4.79 Å². The molecule has 0 aromatic carbocycles. The number of carbonyl (C=O) groups is 1. The number of nitrogens with one attached hydrogen (secondary N) is 1. The van der Waals surface area contributed by atoms with Gasteiger partial charge in [0.25, 0.3) is 0 Å². The summed E-state index contributed by atoms with van der Waals surface area (Å²) < 4.78 is 0. The fraction of sp³-hybridized carbons (Fsp3) is 0.917. The molecule has 1 aliphatic rings. The van der Waals surface area contributed by atoms with Gasteiger partial charge in [0.1, 0.15) is 0 Å². The van der Waals surface area contributed by atoms with E-state index in [0.29, 0.717) is 12.6 Å². The quantitative estimate of drug-likeness (QED) is 0.744. The highest BCUT2D eigenvalue weighted by molar-refractivity contribution is 5.78. The Bertz CT molecular complexity index is 212. The molecule has 94 valence electrons. The Hall–Kier alpha value is -0.610. The van der Waals surface area contributed by atoms with E-state index in [9.17, 15) is 4.79 Å². The molecule has 0 saturated carbocycles. The fourth-order valence-electron chi connectivity index (χ4n) is 2.33. The van der Waals surface area contributed by atoms with E-state index in [1.54, 1.807) is 0 Å². The van der Waals surface area contributed by atoms with E-state index < -0.39 is 0 Å². The van der Waals surface area contributed by atoms with E-state index in [-0.39, 0.29) is 5.91 Å². The summed E-state index contributed by atoms with van der Waals surface area (Å²) in [5.41, 5.74) is 0. The van der Waals surface area contributed by atoms with E-state index in [2.05, 4.69) is 17.1 Å². The van der Waals surface area contributed by atoms with Crippen molar-refractivity contribution < 1.29 is 4.79 Å². The summed E-state index contributed by atoms with van der Waals surface area (Å²) in [5, 5.41) is 2.91. The van der Waals surface area contributed by atoms with E-state index in [1.807, 2.05) is 19.0 Å². The standard InChI is InChI=1S/C12H25N3O/c1-4-7-15-8-5-11(6-9-15)14(3)12(16)10-13-2/h11,13H,4-10H2,1-3H3. The van der Waals surface area contributed by atoms with Gasteiger partial charge in [-0.3, -0.25) is 4.79 Å². The number of rotatable bonds is 5. The van der Waals surface area contributed by atoms with Gasteiger partial charge < -0.3 is 15.1 Å². The van der Waals surface area contributed by atoms with E-state index >= 15 is 0 Å². The van der Waals surface area contributed by atoms with Crippen LogP contribution in [0.3, 0.4) is 0 Å². The second-order valence-electron chi connectivity index (χ2n) is 4.61. The third-order valence-corrected chi connectivity index (χ3v) is 3.37. The number of amides is 1. The number of nitrogens with zero attached hydrogens (tertiary/aromatic N) is 2. The normalized spacial score (nSPS) is 18.7. The van der Waals surface area contributed by atoms with Gasteiger partial charge in [-0.25, -0.2) is 0 Å². The lowest BCUT2D eigenvalue weighted by Crippen LogP contribution is -2.47. The molecule has 1 amide bonds. The maximum absolute atomic E-state index is 11.7. The number of likely N-dealkylation sites (N-methyl/N-ethyl adjacent to an activating group) is 2. The van der Waals surface area contributed by atoms with Crippen molar-refractivity contribution in [3.8, 4) is 0 Å². The van der Waals surface area contributed by atoms with Gasteiger partial charge in [-0.2, -0.15) is 0 Å². The smallest absolute Gasteiger partial charge is 0.236 e. The van der Waals surface area contributed by atoms with Crippen molar-refractivity contribution in [2.45, 2.75) is 32.2 Å². The first-order valence-corrected chi connectivity index (χ1v) is 6.31. The monoisotopic (exact) mass is 227 g/mol. The van der Waals surface area contributed by atoms with Crippen LogP contribution in [0.25, 0.3) is 0 Å². The van der Waals surface area contributed by atoms with E-state index in [1.165, 1.54) is 13.0 Å². The highest BCUT2D eigenvalue weighted by Crippen LogP contribution is 2.15. The van der Waals surface area contributed by atoms with Crippen molar-refractivity contribution in [1.29, 1.82) is 0 Å². The first kappa shape index (κ1) is 13.5. The summed E-state index contributed by atoms with van der Waals surface area (Å²) in [7, 11) is 3.75. The Kier molecular flexibility index (Phi) is 5.77. The van der Waals surface area contributed by atoms with E-state index in [4.69, 9.17) is 0 Å². The SMILES string of the molecule is CCCN1CCC(N(C)C(=O)CNC)CC1. The zero-order chi connectivity index (χ0) is 12.0. The van der Waals surface area contributed by atoms with Gasteiger partial charge in [0.2, 0.25) is 5.91 Å². The second kappa shape index (κ2) is 6.86. The summed E-state index contributed by atoms with van der Waals surface area (Å²) in [5.74, 6) is 0.205. The maximum Gasteiger partial charge on any atom is 0.236 e. The van der Waals surface area contributed by atoms with Gasteiger partial charge in [-0.05, 0) is 32.9 Å². The maximum atomic E-state index is 11.7. The van der Waals surface area contributed by atoms with Crippen LogP contribution in [0.1, 0.15) is 26.2 Å². The van der Waals surface area contributed by atoms with Crippen molar-refractivity contribution >= 4 is 5.91 Å². The van der Waals surface area contributed by atoms with Crippen LogP contribution in [0.15, 0.2) is 0 Å². The molecule has 0 radical (unpaired) electrons. The molecule has 1 heterocycles.